The van der Waals surface area contributed by atoms with E-state index in [1.54, 1.807) is 30.3 Å². The third-order valence-corrected chi connectivity index (χ3v) is 3.07. The van der Waals surface area contributed by atoms with E-state index in [9.17, 15) is 9.90 Å². The summed E-state index contributed by atoms with van der Waals surface area (Å²) in [7, 11) is 4.42. The summed E-state index contributed by atoms with van der Waals surface area (Å²) < 4.78 is 15.3. The van der Waals surface area contributed by atoms with Gasteiger partial charge >= 0.3 is 0 Å². The molecule has 0 saturated heterocycles. The summed E-state index contributed by atoms with van der Waals surface area (Å²) in [6.45, 7) is 0. The van der Waals surface area contributed by atoms with Crippen molar-refractivity contribution in [2.75, 3.05) is 21.3 Å². The number of aromatic hydroxyl groups is 1. The maximum Gasteiger partial charge on any atom is 0.200 e. The van der Waals surface area contributed by atoms with Crippen molar-refractivity contribution in [2.24, 2.45) is 0 Å². The number of phenolic OH excluding ortho intramolecular Hbond substituents is 1. The minimum Gasteiger partial charge on any atom is -0.507 e. The van der Waals surface area contributed by atoms with E-state index in [2.05, 4.69) is 0 Å². The molecule has 0 radical (unpaired) electrons. The van der Waals surface area contributed by atoms with Crippen LogP contribution in [0.5, 0.6) is 23.0 Å². The maximum atomic E-state index is 12.6. The van der Waals surface area contributed by atoms with Gasteiger partial charge in [0.25, 0.3) is 0 Å². The highest BCUT2D eigenvalue weighted by Crippen LogP contribution is 2.35. The van der Waals surface area contributed by atoms with Gasteiger partial charge in [0, 0.05) is 17.7 Å². The molecule has 0 aliphatic rings. The lowest BCUT2D eigenvalue weighted by Gasteiger charge is -2.12. The number of hydrogen-bond donors (Lipinski definition) is 1. The number of methoxy groups -OCH3 is 3. The average Bonchev–Trinajstić information content (AvgIpc) is 2.53. The van der Waals surface area contributed by atoms with Gasteiger partial charge in [0.1, 0.15) is 28.6 Å². The Hall–Kier alpha value is -2.69. The molecular formula is C16H16O5. The van der Waals surface area contributed by atoms with E-state index in [4.69, 9.17) is 14.2 Å². The molecule has 0 aromatic heterocycles. The summed E-state index contributed by atoms with van der Waals surface area (Å²) in [6.07, 6.45) is 0. The Balaban J connectivity index is 2.52. The number of phenols is 1. The fourth-order valence-corrected chi connectivity index (χ4v) is 1.99. The third kappa shape index (κ3) is 2.91. The molecule has 0 fully saturated rings. The molecule has 21 heavy (non-hydrogen) atoms. The van der Waals surface area contributed by atoms with Gasteiger partial charge in [0.2, 0.25) is 5.78 Å². The predicted molar refractivity (Wildman–Crippen MR) is 77.6 cm³/mol. The normalized spacial score (nSPS) is 10.0. The molecule has 0 heterocycles. The molecule has 110 valence electrons. The summed E-state index contributed by atoms with van der Waals surface area (Å²) in [5.74, 6) is 0.670. The first-order chi connectivity index (χ1) is 10.1. The van der Waals surface area contributed by atoms with Gasteiger partial charge in [-0.3, -0.25) is 4.79 Å². The second-order valence-electron chi connectivity index (χ2n) is 4.28. The van der Waals surface area contributed by atoms with Crippen molar-refractivity contribution in [3.63, 3.8) is 0 Å². The molecule has 5 nitrogen and oxygen atoms in total. The van der Waals surface area contributed by atoms with Crippen LogP contribution < -0.4 is 14.2 Å². The monoisotopic (exact) mass is 288 g/mol. The molecule has 2 aromatic carbocycles. The predicted octanol–water partition coefficient (Wildman–Crippen LogP) is 2.65. The molecule has 0 amide bonds. The van der Waals surface area contributed by atoms with Crippen LogP contribution in [0.1, 0.15) is 15.9 Å². The molecule has 1 N–H and O–H groups in total. The Kier molecular flexibility index (Phi) is 4.33. The molecule has 0 bridgehead atoms. The molecule has 0 spiro atoms. The van der Waals surface area contributed by atoms with Crippen molar-refractivity contribution >= 4 is 5.78 Å². The smallest absolute Gasteiger partial charge is 0.200 e. The first-order valence-electron chi connectivity index (χ1n) is 6.24. The highest BCUT2D eigenvalue weighted by molar-refractivity contribution is 6.12. The van der Waals surface area contributed by atoms with Crippen LogP contribution in [0.3, 0.4) is 0 Å². The average molecular weight is 288 g/mol. The SMILES string of the molecule is COc1cccc(C(=O)c2c(O)cc(OC)cc2OC)c1. The van der Waals surface area contributed by atoms with Crippen LogP contribution in [0.4, 0.5) is 0 Å². The van der Waals surface area contributed by atoms with E-state index in [0.717, 1.165) is 0 Å². The zero-order valence-corrected chi connectivity index (χ0v) is 12.0. The van der Waals surface area contributed by atoms with Gasteiger partial charge in [0.05, 0.1) is 21.3 Å². The second kappa shape index (κ2) is 6.17. The van der Waals surface area contributed by atoms with Crippen molar-refractivity contribution in [3.05, 3.63) is 47.5 Å². The molecule has 0 atom stereocenters. The highest BCUT2D eigenvalue weighted by Gasteiger charge is 2.21. The molecule has 2 aromatic rings. The number of hydrogen-bond acceptors (Lipinski definition) is 5. The van der Waals surface area contributed by atoms with Crippen LogP contribution in [-0.4, -0.2) is 32.2 Å². The molecule has 0 saturated carbocycles. The number of carbonyl (C=O) groups is 1. The van der Waals surface area contributed by atoms with Crippen molar-refractivity contribution < 1.29 is 24.1 Å². The fourth-order valence-electron chi connectivity index (χ4n) is 1.99. The summed E-state index contributed by atoms with van der Waals surface area (Å²) in [4.78, 5) is 12.6. The van der Waals surface area contributed by atoms with Crippen molar-refractivity contribution in [1.82, 2.24) is 0 Å². The summed E-state index contributed by atoms with van der Waals surface area (Å²) >= 11 is 0. The zero-order valence-electron chi connectivity index (χ0n) is 12.0. The van der Waals surface area contributed by atoms with Crippen LogP contribution >= 0.6 is 0 Å². The van der Waals surface area contributed by atoms with Gasteiger partial charge in [-0.25, -0.2) is 0 Å². The zero-order chi connectivity index (χ0) is 15.4. The van der Waals surface area contributed by atoms with E-state index in [0.29, 0.717) is 17.1 Å². The minimum atomic E-state index is -0.356. The third-order valence-electron chi connectivity index (χ3n) is 3.07. The standard InChI is InChI=1S/C16H16O5/c1-19-11-6-4-5-10(7-11)16(18)15-13(17)8-12(20-2)9-14(15)21-3/h4-9,17H,1-3H3. The van der Waals surface area contributed by atoms with Gasteiger partial charge < -0.3 is 19.3 Å². The van der Waals surface area contributed by atoms with Crippen molar-refractivity contribution in [1.29, 1.82) is 0 Å². The van der Waals surface area contributed by atoms with Crippen LogP contribution in [-0.2, 0) is 0 Å². The first kappa shape index (κ1) is 14.7. The van der Waals surface area contributed by atoms with Gasteiger partial charge in [-0.15, -0.1) is 0 Å². The van der Waals surface area contributed by atoms with Crippen molar-refractivity contribution in [3.8, 4) is 23.0 Å². The van der Waals surface area contributed by atoms with Crippen molar-refractivity contribution in [2.45, 2.75) is 0 Å². The fraction of sp³-hybridized carbons (Fsp3) is 0.188. The highest BCUT2D eigenvalue weighted by atomic mass is 16.5. The number of carbonyl (C=O) groups excluding carboxylic acids is 1. The van der Waals surface area contributed by atoms with Crippen LogP contribution in [0, 0.1) is 0 Å². The first-order valence-corrected chi connectivity index (χ1v) is 6.24. The molecule has 0 aliphatic carbocycles. The van der Waals surface area contributed by atoms with E-state index in [1.807, 2.05) is 0 Å². The number of ether oxygens (including phenoxy) is 3. The quantitative estimate of drug-likeness (QED) is 0.857. The Morgan fingerprint density at radius 2 is 1.67 bits per heavy atom. The molecule has 0 aliphatic heterocycles. The van der Waals surface area contributed by atoms with Crippen LogP contribution in [0.25, 0.3) is 0 Å². The van der Waals surface area contributed by atoms with E-state index < -0.39 is 0 Å². The lowest BCUT2D eigenvalue weighted by atomic mass is 10.0. The van der Waals surface area contributed by atoms with Gasteiger partial charge in [-0.2, -0.15) is 0 Å². The van der Waals surface area contributed by atoms with E-state index in [-0.39, 0.29) is 22.8 Å². The largest absolute Gasteiger partial charge is 0.507 e. The van der Waals surface area contributed by atoms with E-state index in [1.165, 1.54) is 27.4 Å². The molecule has 0 unspecified atom stereocenters. The van der Waals surface area contributed by atoms with E-state index >= 15 is 0 Å². The molecule has 2 rings (SSSR count). The van der Waals surface area contributed by atoms with Crippen LogP contribution in [0.2, 0.25) is 0 Å². The van der Waals surface area contributed by atoms with Gasteiger partial charge in [0.15, 0.2) is 0 Å². The Bertz CT molecular complexity index is 664. The summed E-state index contributed by atoms with van der Waals surface area (Å²) in [5.41, 5.74) is 0.486. The van der Waals surface area contributed by atoms with Gasteiger partial charge in [-0.05, 0) is 12.1 Å². The maximum absolute atomic E-state index is 12.6. The summed E-state index contributed by atoms with van der Waals surface area (Å²) in [6, 6.07) is 9.61. The summed E-state index contributed by atoms with van der Waals surface area (Å²) in [5, 5.41) is 10.1. The molecular weight excluding hydrogens is 272 g/mol. The second-order valence-corrected chi connectivity index (χ2v) is 4.28. The Morgan fingerprint density at radius 3 is 2.29 bits per heavy atom. The minimum absolute atomic E-state index is 0.0894. The Labute approximate surface area is 122 Å². The van der Waals surface area contributed by atoms with Crippen LogP contribution in [0.15, 0.2) is 36.4 Å². The molecule has 5 heteroatoms. The lowest BCUT2D eigenvalue weighted by molar-refractivity contribution is 0.103. The topological polar surface area (TPSA) is 65.0 Å². The number of rotatable bonds is 5. The number of benzene rings is 2. The Morgan fingerprint density at radius 1 is 0.952 bits per heavy atom. The lowest BCUT2D eigenvalue weighted by Crippen LogP contribution is -2.05. The number of ketones is 1. The van der Waals surface area contributed by atoms with Gasteiger partial charge in [-0.1, -0.05) is 12.1 Å².